The molecule has 0 heterocycles. The minimum absolute atomic E-state index is 0.557. The summed E-state index contributed by atoms with van der Waals surface area (Å²) >= 11 is 1.35. The highest BCUT2D eigenvalue weighted by Gasteiger charge is 2.64. The fourth-order valence-electron chi connectivity index (χ4n) is 4.71. The van der Waals surface area contributed by atoms with Crippen molar-refractivity contribution >= 4 is 53.5 Å². The molecule has 0 bridgehead atoms. The Morgan fingerprint density at radius 2 is 0.732 bits per heavy atom. The molecule has 0 saturated heterocycles. The summed E-state index contributed by atoms with van der Waals surface area (Å²) in [7, 11) is 0. The zero-order chi connectivity index (χ0) is 31.0. The second-order valence-electron chi connectivity index (χ2n) is 8.74. The number of carboxylic acid groups (broad SMARTS) is 7. The van der Waals surface area contributed by atoms with E-state index >= 15 is 0 Å². The van der Waals surface area contributed by atoms with Crippen LogP contribution in [-0.4, -0.2) is 77.5 Å². The van der Waals surface area contributed by atoms with Gasteiger partial charge in [-0.1, -0.05) is 48.5 Å². The van der Waals surface area contributed by atoms with Gasteiger partial charge >= 0.3 is 41.8 Å². The summed E-state index contributed by atoms with van der Waals surface area (Å²) < 4.78 is 0. The van der Waals surface area contributed by atoms with Crippen molar-refractivity contribution in [3.8, 4) is 0 Å². The highest BCUT2D eigenvalue weighted by atomic mass is 32.2. The average molecular weight is 593 g/mol. The maximum absolute atomic E-state index is 11.3. The standard InChI is InChI=1S/C14H12O2S.C12H12O12/c15-14(16)13(11-7-3-1-4-8-11)17-12-9-5-2-6-10-12;13-7(14)1-2(8(15)16)4(10(19)20)6(12(23)24)5(11(21)22)3(1)9(17)18/h1-10,13H,(H,15,16);1-6H,(H,13,14)(H,15,16)(H,17,18)(H,19,20)(H,21,22)(H,23,24). The van der Waals surface area contributed by atoms with Gasteiger partial charge < -0.3 is 35.7 Å². The maximum Gasteiger partial charge on any atom is 0.321 e. The number of hydrogen-bond acceptors (Lipinski definition) is 8. The van der Waals surface area contributed by atoms with Gasteiger partial charge in [-0.25, -0.2) is 0 Å². The van der Waals surface area contributed by atoms with Crippen LogP contribution in [0.15, 0.2) is 65.6 Å². The average Bonchev–Trinajstić information content (AvgIpc) is 2.90. The van der Waals surface area contributed by atoms with Gasteiger partial charge in [0.2, 0.25) is 0 Å². The topological polar surface area (TPSA) is 261 Å². The van der Waals surface area contributed by atoms with E-state index in [9.17, 15) is 38.7 Å². The Hall–Kier alpha value is -4.92. The van der Waals surface area contributed by atoms with E-state index in [0.29, 0.717) is 0 Å². The molecule has 0 aliphatic heterocycles. The molecule has 7 N–H and O–H groups in total. The largest absolute Gasteiger partial charge is 0.481 e. The lowest BCUT2D eigenvalue weighted by atomic mass is 9.56. The fourth-order valence-corrected chi connectivity index (χ4v) is 5.69. The molecule has 1 unspecified atom stereocenters. The first-order chi connectivity index (χ1) is 19.2. The molecule has 1 saturated carbocycles. The molecule has 0 aromatic heterocycles. The van der Waals surface area contributed by atoms with Crippen LogP contribution in [0.2, 0.25) is 0 Å². The summed E-state index contributed by atoms with van der Waals surface area (Å²) in [5, 5.41) is 63.6. The lowest BCUT2D eigenvalue weighted by molar-refractivity contribution is -0.191. The Labute approximate surface area is 234 Å². The Balaban J connectivity index is 0.000000303. The fraction of sp³-hybridized carbons (Fsp3) is 0.269. The first-order valence-electron chi connectivity index (χ1n) is 11.6. The molecule has 15 heteroatoms. The molecule has 218 valence electrons. The van der Waals surface area contributed by atoms with Gasteiger partial charge in [-0.05, 0) is 17.7 Å². The molecule has 1 fully saturated rings. The van der Waals surface area contributed by atoms with Crippen molar-refractivity contribution in [1.29, 1.82) is 0 Å². The number of aliphatic carboxylic acids is 7. The molecule has 0 amide bonds. The highest BCUT2D eigenvalue weighted by molar-refractivity contribution is 8.00. The number of carboxylic acids is 7. The lowest BCUT2D eigenvalue weighted by Gasteiger charge is -2.42. The molecular formula is C26H24O14S. The zero-order valence-electron chi connectivity index (χ0n) is 20.7. The second-order valence-corrected chi connectivity index (χ2v) is 9.92. The Bertz CT molecular complexity index is 1160. The first kappa shape index (κ1) is 32.3. The Kier molecular flexibility index (Phi) is 11.0. The normalized spacial score (nSPS) is 24.0. The van der Waals surface area contributed by atoms with E-state index in [-0.39, 0.29) is 0 Å². The van der Waals surface area contributed by atoms with Crippen LogP contribution in [0, 0.1) is 35.5 Å². The van der Waals surface area contributed by atoms with E-state index in [4.69, 9.17) is 30.6 Å². The number of benzene rings is 2. The molecule has 2 aromatic carbocycles. The first-order valence-corrected chi connectivity index (χ1v) is 12.4. The molecule has 2 aromatic rings. The van der Waals surface area contributed by atoms with Gasteiger partial charge in [0.25, 0.3) is 0 Å². The third-order valence-corrected chi connectivity index (χ3v) is 7.61. The monoisotopic (exact) mass is 592 g/mol. The molecule has 0 spiro atoms. The van der Waals surface area contributed by atoms with Gasteiger partial charge in [-0.2, -0.15) is 0 Å². The van der Waals surface area contributed by atoms with E-state index in [2.05, 4.69) is 0 Å². The van der Waals surface area contributed by atoms with Crippen molar-refractivity contribution in [2.75, 3.05) is 0 Å². The minimum Gasteiger partial charge on any atom is -0.481 e. The van der Waals surface area contributed by atoms with Crippen molar-refractivity contribution < 1.29 is 69.3 Å². The molecule has 1 aliphatic carbocycles. The third-order valence-electron chi connectivity index (χ3n) is 6.36. The van der Waals surface area contributed by atoms with Gasteiger partial charge in [0.05, 0.1) is 35.5 Å². The van der Waals surface area contributed by atoms with E-state index in [0.717, 1.165) is 10.5 Å². The van der Waals surface area contributed by atoms with Crippen LogP contribution in [0.25, 0.3) is 0 Å². The van der Waals surface area contributed by atoms with E-state index in [1.165, 1.54) is 11.8 Å². The number of carbonyl (C=O) groups is 7. The summed E-state index contributed by atoms with van der Waals surface area (Å²) in [5.74, 6) is -27.7. The SMILES string of the molecule is O=C(O)C(Sc1ccccc1)c1ccccc1.O=C(O)C1C(C(=O)O)C(C(=O)O)C(C(=O)O)C(C(=O)O)C1C(=O)O. The predicted molar refractivity (Wildman–Crippen MR) is 136 cm³/mol. The molecule has 3 rings (SSSR count). The van der Waals surface area contributed by atoms with Crippen LogP contribution in [0.4, 0.5) is 0 Å². The van der Waals surface area contributed by atoms with E-state index < -0.39 is 82.5 Å². The van der Waals surface area contributed by atoms with Crippen molar-refractivity contribution in [3.05, 3.63) is 66.2 Å². The molecule has 1 atom stereocenters. The lowest BCUT2D eigenvalue weighted by Crippen LogP contribution is -2.59. The number of hydrogen-bond donors (Lipinski definition) is 7. The number of thioether (sulfide) groups is 1. The van der Waals surface area contributed by atoms with Crippen molar-refractivity contribution in [2.24, 2.45) is 35.5 Å². The van der Waals surface area contributed by atoms with Gasteiger partial charge in [-0.3, -0.25) is 33.6 Å². The summed E-state index contributed by atoms with van der Waals surface area (Å²) in [6.45, 7) is 0. The predicted octanol–water partition coefficient (Wildman–Crippen LogP) is 1.81. The summed E-state index contributed by atoms with van der Waals surface area (Å²) in [5.41, 5.74) is 0.814. The van der Waals surface area contributed by atoms with E-state index in [1.54, 1.807) is 0 Å². The van der Waals surface area contributed by atoms with Crippen LogP contribution in [-0.2, 0) is 33.6 Å². The van der Waals surface area contributed by atoms with Crippen LogP contribution < -0.4 is 0 Å². The van der Waals surface area contributed by atoms with Crippen molar-refractivity contribution in [3.63, 3.8) is 0 Å². The maximum atomic E-state index is 11.3. The van der Waals surface area contributed by atoms with Crippen molar-refractivity contribution in [1.82, 2.24) is 0 Å². The van der Waals surface area contributed by atoms with E-state index in [1.807, 2.05) is 60.7 Å². The van der Waals surface area contributed by atoms with Gasteiger partial charge in [0.15, 0.2) is 0 Å². The van der Waals surface area contributed by atoms with Gasteiger partial charge in [-0.15, -0.1) is 11.8 Å². The van der Waals surface area contributed by atoms with Gasteiger partial charge in [0.1, 0.15) is 5.25 Å². The quantitative estimate of drug-likeness (QED) is 0.194. The zero-order valence-corrected chi connectivity index (χ0v) is 21.5. The molecule has 0 radical (unpaired) electrons. The molecule has 1 aliphatic rings. The Morgan fingerprint density at radius 3 is 0.976 bits per heavy atom. The molecule has 41 heavy (non-hydrogen) atoms. The minimum atomic E-state index is -2.43. The third kappa shape index (κ3) is 7.60. The van der Waals surface area contributed by atoms with Crippen LogP contribution in [0.3, 0.4) is 0 Å². The van der Waals surface area contributed by atoms with Gasteiger partial charge in [0, 0.05) is 4.90 Å². The van der Waals surface area contributed by atoms with Crippen LogP contribution >= 0.6 is 11.8 Å². The molecule has 14 nitrogen and oxygen atoms in total. The van der Waals surface area contributed by atoms with Crippen molar-refractivity contribution in [2.45, 2.75) is 10.1 Å². The van der Waals surface area contributed by atoms with Crippen LogP contribution in [0.1, 0.15) is 10.8 Å². The summed E-state index contributed by atoms with van der Waals surface area (Å²) in [6, 6.07) is 18.9. The smallest absolute Gasteiger partial charge is 0.321 e. The highest BCUT2D eigenvalue weighted by Crippen LogP contribution is 2.47. The summed E-state index contributed by atoms with van der Waals surface area (Å²) in [4.78, 5) is 80.3. The second kappa shape index (κ2) is 13.9. The number of rotatable bonds is 10. The summed E-state index contributed by atoms with van der Waals surface area (Å²) in [6.07, 6.45) is 0. The molecular weight excluding hydrogens is 568 g/mol. The Morgan fingerprint density at radius 1 is 0.463 bits per heavy atom. The van der Waals surface area contributed by atoms with Crippen LogP contribution in [0.5, 0.6) is 0 Å².